The lowest BCUT2D eigenvalue weighted by Crippen LogP contribution is -2.32. The fourth-order valence-corrected chi connectivity index (χ4v) is 2.27. The van der Waals surface area contributed by atoms with Gasteiger partial charge in [0.2, 0.25) is 0 Å². The Morgan fingerprint density at radius 2 is 1.95 bits per heavy atom. The standard InChI is InChI=1S/C16H16BrFN2OS/c1-11-2-5-13(6-3-11)21-9-8-19-16(22)20-15-7-4-12(17)10-14(15)18/h2-7,10H,8-9H2,1H3,(H2,19,20,22). The molecule has 0 bridgehead atoms. The molecule has 0 spiro atoms. The molecule has 0 aliphatic carbocycles. The average molecular weight is 383 g/mol. The number of halogens is 2. The highest BCUT2D eigenvalue weighted by Crippen LogP contribution is 2.19. The largest absolute Gasteiger partial charge is 0.492 e. The zero-order chi connectivity index (χ0) is 15.9. The number of hydrogen-bond donors (Lipinski definition) is 2. The van der Waals surface area contributed by atoms with Crippen LogP contribution in [0.4, 0.5) is 10.1 Å². The number of ether oxygens (including phenoxy) is 1. The summed E-state index contributed by atoms with van der Waals surface area (Å²) in [7, 11) is 0. The van der Waals surface area contributed by atoms with Crippen LogP contribution in [-0.2, 0) is 0 Å². The van der Waals surface area contributed by atoms with Crippen molar-refractivity contribution >= 4 is 38.9 Å². The minimum absolute atomic E-state index is 0.333. The molecule has 0 amide bonds. The van der Waals surface area contributed by atoms with Crippen molar-refractivity contribution in [2.24, 2.45) is 0 Å². The molecule has 3 nitrogen and oxygen atoms in total. The van der Waals surface area contributed by atoms with E-state index in [0.717, 1.165) is 5.75 Å². The minimum atomic E-state index is -0.366. The second-order valence-corrected chi connectivity index (χ2v) is 5.99. The van der Waals surface area contributed by atoms with Crippen LogP contribution in [0.5, 0.6) is 5.75 Å². The summed E-state index contributed by atoms with van der Waals surface area (Å²) >= 11 is 8.33. The first kappa shape index (κ1) is 16.7. The molecule has 0 atom stereocenters. The Hall–Kier alpha value is -1.66. The van der Waals surface area contributed by atoms with Gasteiger partial charge in [-0.3, -0.25) is 0 Å². The van der Waals surface area contributed by atoms with Crippen molar-refractivity contribution < 1.29 is 9.13 Å². The van der Waals surface area contributed by atoms with Crippen LogP contribution < -0.4 is 15.4 Å². The summed E-state index contributed by atoms with van der Waals surface area (Å²) in [5, 5.41) is 6.14. The van der Waals surface area contributed by atoms with Gasteiger partial charge in [-0.05, 0) is 49.5 Å². The molecule has 0 radical (unpaired) electrons. The lowest BCUT2D eigenvalue weighted by atomic mass is 10.2. The van der Waals surface area contributed by atoms with E-state index in [-0.39, 0.29) is 5.82 Å². The number of rotatable bonds is 5. The maximum absolute atomic E-state index is 13.6. The van der Waals surface area contributed by atoms with Crippen LogP contribution in [0.3, 0.4) is 0 Å². The van der Waals surface area contributed by atoms with Crippen molar-refractivity contribution in [3.8, 4) is 5.75 Å². The van der Waals surface area contributed by atoms with Crippen LogP contribution in [0.1, 0.15) is 5.56 Å². The summed E-state index contributed by atoms with van der Waals surface area (Å²) in [6.07, 6.45) is 0. The number of nitrogens with one attached hydrogen (secondary N) is 2. The van der Waals surface area contributed by atoms with Gasteiger partial charge in [0.1, 0.15) is 18.2 Å². The van der Waals surface area contributed by atoms with E-state index in [1.807, 2.05) is 31.2 Å². The highest BCUT2D eigenvalue weighted by Gasteiger charge is 2.04. The Morgan fingerprint density at radius 1 is 1.23 bits per heavy atom. The van der Waals surface area contributed by atoms with E-state index >= 15 is 0 Å². The van der Waals surface area contributed by atoms with Crippen molar-refractivity contribution in [3.05, 3.63) is 58.3 Å². The van der Waals surface area contributed by atoms with Crippen LogP contribution in [0.25, 0.3) is 0 Å². The summed E-state index contributed by atoms with van der Waals surface area (Å²) in [6.45, 7) is 3.02. The third-order valence-corrected chi connectivity index (χ3v) is 3.60. The molecule has 0 heterocycles. The maximum Gasteiger partial charge on any atom is 0.170 e. The summed E-state index contributed by atoms with van der Waals surface area (Å²) in [5.74, 6) is 0.444. The lowest BCUT2D eigenvalue weighted by Gasteiger charge is -2.12. The van der Waals surface area contributed by atoms with Crippen molar-refractivity contribution in [2.75, 3.05) is 18.5 Å². The first-order chi connectivity index (χ1) is 10.5. The van der Waals surface area contributed by atoms with Crippen molar-refractivity contribution in [1.29, 1.82) is 0 Å². The third kappa shape index (κ3) is 5.27. The van der Waals surface area contributed by atoms with Gasteiger partial charge in [0, 0.05) is 4.47 Å². The van der Waals surface area contributed by atoms with E-state index in [1.165, 1.54) is 11.6 Å². The highest BCUT2D eigenvalue weighted by molar-refractivity contribution is 9.10. The van der Waals surface area contributed by atoms with Gasteiger partial charge in [-0.2, -0.15) is 0 Å². The smallest absolute Gasteiger partial charge is 0.170 e. The fourth-order valence-electron chi connectivity index (χ4n) is 1.73. The zero-order valence-electron chi connectivity index (χ0n) is 12.0. The van der Waals surface area contributed by atoms with Crippen LogP contribution in [0, 0.1) is 12.7 Å². The van der Waals surface area contributed by atoms with Crippen LogP contribution >= 0.6 is 28.1 Å². The quantitative estimate of drug-likeness (QED) is 0.597. The molecule has 2 N–H and O–H groups in total. The predicted octanol–water partition coefficient (Wildman–Crippen LogP) is 4.26. The van der Waals surface area contributed by atoms with Gasteiger partial charge in [-0.15, -0.1) is 0 Å². The Labute approximate surface area is 143 Å². The molecule has 0 saturated heterocycles. The predicted molar refractivity (Wildman–Crippen MR) is 95.0 cm³/mol. The topological polar surface area (TPSA) is 33.3 Å². The molecular formula is C16H16BrFN2OS. The molecular weight excluding hydrogens is 367 g/mol. The summed E-state index contributed by atoms with van der Waals surface area (Å²) in [5.41, 5.74) is 1.52. The van der Waals surface area contributed by atoms with Gasteiger partial charge in [0.15, 0.2) is 5.11 Å². The summed E-state index contributed by atoms with van der Waals surface area (Å²) < 4.78 is 19.9. The van der Waals surface area contributed by atoms with Crippen molar-refractivity contribution in [3.63, 3.8) is 0 Å². The first-order valence-electron chi connectivity index (χ1n) is 6.74. The molecule has 0 aliphatic heterocycles. The van der Waals surface area contributed by atoms with E-state index in [9.17, 15) is 4.39 Å². The maximum atomic E-state index is 13.6. The molecule has 0 aliphatic rings. The van der Waals surface area contributed by atoms with Crippen LogP contribution in [0.15, 0.2) is 46.9 Å². The van der Waals surface area contributed by atoms with Gasteiger partial charge in [-0.25, -0.2) is 4.39 Å². The molecule has 2 rings (SSSR count). The monoisotopic (exact) mass is 382 g/mol. The molecule has 0 saturated carbocycles. The molecule has 2 aromatic carbocycles. The minimum Gasteiger partial charge on any atom is -0.492 e. The van der Waals surface area contributed by atoms with Crippen LogP contribution in [-0.4, -0.2) is 18.3 Å². The van der Waals surface area contributed by atoms with Gasteiger partial charge in [-0.1, -0.05) is 33.6 Å². The van der Waals surface area contributed by atoms with Crippen molar-refractivity contribution in [1.82, 2.24) is 5.32 Å². The zero-order valence-corrected chi connectivity index (χ0v) is 14.4. The van der Waals surface area contributed by atoms with E-state index in [4.69, 9.17) is 17.0 Å². The fraction of sp³-hybridized carbons (Fsp3) is 0.188. The number of anilines is 1. The molecule has 0 unspecified atom stereocenters. The van der Waals surface area contributed by atoms with E-state index in [2.05, 4.69) is 26.6 Å². The average Bonchev–Trinajstić information content (AvgIpc) is 2.48. The number of benzene rings is 2. The van der Waals surface area contributed by atoms with Gasteiger partial charge >= 0.3 is 0 Å². The van der Waals surface area contributed by atoms with Gasteiger partial charge in [0.25, 0.3) is 0 Å². The number of hydrogen-bond acceptors (Lipinski definition) is 2. The molecule has 2 aromatic rings. The Kier molecular flexibility index (Phi) is 6.15. The second kappa shape index (κ2) is 8.10. The SMILES string of the molecule is Cc1ccc(OCCNC(=S)Nc2ccc(Br)cc2F)cc1. The Balaban J connectivity index is 1.72. The molecule has 0 fully saturated rings. The molecule has 0 aromatic heterocycles. The number of thiocarbonyl (C=S) groups is 1. The lowest BCUT2D eigenvalue weighted by molar-refractivity contribution is 0.322. The summed E-state index contributed by atoms with van der Waals surface area (Å²) in [4.78, 5) is 0. The van der Waals surface area contributed by atoms with Crippen LogP contribution in [0.2, 0.25) is 0 Å². The molecule has 6 heteroatoms. The molecule has 116 valence electrons. The Bertz CT molecular complexity index is 649. The normalized spacial score (nSPS) is 10.1. The van der Waals surface area contributed by atoms with E-state index in [0.29, 0.717) is 28.4 Å². The van der Waals surface area contributed by atoms with Gasteiger partial charge in [0.05, 0.1) is 12.2 Å². The highest BCUT2D eigenvalue weighted by atomic mass is 79.9. The summed E-state index contributed by atoms with van der Waals surface area (Å²) in [6, 6.07) is 12.6. The third-order valence-electron chi connectivity index (χ3n) is 2.86. The van der Waals surface area contributed by atoms with E-state index in [1.54, 1.807) is 12.1 Å². The van der Waals surface area contributed by atoms with Gasteiger partial charge < -0.3 is 15.4 Å². The molecule has 22 heavy (non-hydrogen) atoms. The van der Waals surface area contributed by atoms with E-state index < -0.39 is 0 Å². The van der Waals surface area contributed by atoms with Crippen molar-refractivity contribution in [2.45, 2.75) is 6.92 Å². The Morgan fingerprint density at radius 3 is 2.64 bits per heavy atom. The number of aryl methyl sites for hydroxylation is 1. The first-order valence-corrected chi connectivity index (χ1v) is 7.94. The second-order valence-electron chi connectivity index (χ2n) is 4.67.